The molecule has 1 aliphatic rings. The number of nitrogens with one attached hydrogen (secondary N) is 1. The summed E-state index contributed by atoms with van der Waals surface area (Å²) in [6.45, 7) is 3.30. The summed E-state index contributed by atoms with van der Waals surface area (Å²) in [6, 6.07) is 15.9. The zero-order chi connectivity index (χ0) is 13.1. The van der Waals surface area contributed by atoms with Crippen LogP contribution in [0.4, 0.5) is 0 Å². The van der Waals surface area contributed by atoms with Gasteiger partial charge in [0.1, 0.15) is 0 Å². The molecule has 1 saturated carbocycles. The summed E-state index contributed by atoms with van der Waals surface area (Å²) in [4.78, 5) is 0. The van der Waals surface area contributed by atoms with Gasteiger partial charge in [0, 0.05) is 12.6 Å². The van der Waals surface area contributed by atoms with Gasteiger partial charge in [-0.2, -0.15) is 0 Å². The highest BCUT2D eigenvalue weighted by Crippen LogP contribution is 2.30. The Balaban J connectivity index is 1.64. The molecule has 0 aliphatic heterocycles. The molecule has 0 heterocycles. The van der Waals surface area contributed by atoms with Gasteiger partial charge < -0.3 is 5.32 Å². The van der Waals surface area contributed by atoms with E-state index in [4.69, 9.17) is 0 Å². The van der Waals surface area contributed by atoms with Crippen molar-refractivity contribution in [3.63, 3.8) is 0 Å². The minimum Gasteiger partial charge on any atom is -0.310 e. The van der Waals surface area contributed by atoms with Gasteiger partial charge in [0.2, 0.25) is 0 Å². The third-order valence-electron chi connectivity index (χ3n) is 4.43. The lowest BCUT2D eigenvalue weighted by Crippen LogP contribution is -2.29. The molecule has 1 heteroatoms. The molecule has 19 heavy (non-hydrogen) atoms. The molecule has 1 fully saturated rings. The standard InChI is InChI=1S/C18H23N/c1-14(12-15-6-4-7-15)19-13-17-10-5-9-16-8-2-3-11-18(16)17/h2-3,5,8-11,14-15,19H,4,6-7,12-13H2,1H3. The number of benzene rings is 2. The summed E-state index contributed by atoms with van der Waals surface area (Å²) in [5, 5.41) is 6.41. The topological polar surface area (TPSA) is 12.0 Å². The van der Waals surface area contributed by atoms with Crippen molar-refractivity contribution < 1.29 is 0 Å². The summed E-state index contributed by atoms with van der Waals surface area (Å²) >= 11 is 0. The average Bonchev–Trinajstić information content (AvgIpc) is 2.40. The van der Waals surface area contributed by atoms with Crippen molar-refractivity contribution in [1.82, 2.24) is 5.32 Å². The number of hydrogen-bond donors (Lipinski definition) is 1. The molecule has 1 aliphatic carbocycles. The lowest BCUT2D eigenvalue weighted by atomic mass is 9.81. The van der Waals surface area contributed by atoms with Crippen LogP contribution in [0.3, 0.4) is 0 Å². The fourth-order valence-corrected chi connectivity index (χ4v) is 3.04. The van der Waals surface area contributed by atoms with Crippen LogP contribution in [0, 0.1) is 5.92 Å². The first-order valence-corrected chi connectivity index (χ1v) is 7.53. The molecule has 0 aromatic heterocycles. The zero-order valence-electron chi connectivity index (χ0n) is 11.7. The molecule has 0 saturated heterocycles. The van der Waals surface area contributed by atoms with E-state index in [0.29, 0.717) is 6.04 Å². The smallest absolute Gasteiger partial charge is 0.0214 e. The van der Waals surface area contributed by atoms with Crippen LogP contribution >= 0.6 is 0 Å². The SMILES string of the molecule is CC(CC1CCC1)NCc1cccc2ccccc12. The van der Waals surface area contributed by atoms with Crippen molar-refractivity contribution in [2.75, 3.05) is 0 Å². The second kappa shape index (κ2) is 5.75. The third-order valence-corrected chi connectivity index (χ3v) is 4.43. The molecule has 0 amide bonds. The van der Waals surface area contributed by atoms with Crippen molar-refractivity contribution in [2.24, 2.45) is 5.92 Å². The molecule has 3 rings (SSSR count). The summed E-state index contributed by atoms with van der Waals surface area (Å²) in [5.41, 5.74) is 1.42. The van der Waals surface area contributed by atoms with Crippen LogP contribution in [-0.2, 0) is 6.54 Å². The first-order chi connectivity index (χ1) is 9.33. The van der Waals surface area contributed by atoms with Gasteiger partial charge in [0.05, 0.1) is 0 Å². The predicted octanol–water partition coefficient (Wildman–Crippen LogP) is 4.51. The lowest BCUT2D eigenvalue weighted by molar-refractivity contribution is 0.265. The van der Waals surface area contributed by atoms with Crippen molar-refractivity contribution in [3.8, 4) is 0 Å². The Hall–Kier alpha value is -1.34. The van der Waals surface area contributed by atoms with Crippen molar-refractivity contribution in [1.29, 1.82) is 0 Å². The fraction of sp³-hybridized carbons (Fsp3) is 0.444. The normalized spacial score (nSPS) is 17.3. The van der Waals surface area contributed by atoms with Gasteiger partial charge in [0.25, 0.3) is 0 Å². The van der Waals surface area contributed by atoms with E-state index in [1.54, 1.807) is 0 Å². The molecule has 0 spiro atoms. The van der Waals surface area contributed by atoms with E-state index >= 15 is 0 Å². The van der Waals surface area contributed by atoms with Crippen LogP contribution in [-0.4, -0.2) is 6.04 Å². The molecule has 1 atom stereocenters. The van der Waals surface area contributed by atoms with Crippen LogP contribution < -0.4 is 5.32 Å². The van der Waals surface area contributed by atoms with Crippen LogP contribution in [0.1, 0.15) is 38.2 Å². The second-order valence-corrected chi connectivity index (χ2v) is 5.95. The number of fused-ring (bicyclic) bond motifs is 1. The maximum Gasteiger partial charge on any atom is 0.0214 e. The summed E-state index contributed by atoms with van der Waals surface area (Å²) in [5.74, 6) is 0.981. The van der Waals surface area contributed by atoms with Gasteiger partial charge in [-0.05, 0) is 35.6 Å². The Bertz CT molecular complexity index is 537. The number of hydrogen-bond acceptors (Lipinski definition) is 1. The highest BCUT2D eigenvalue weighted by atomic mass is 14.9. The van der Waals surface area contributed by atoms with E-state index in [0.717, 1.165) is 12.5 Å². The van der Waals surface area contributed by atoms with Crippen LogP contribution in [0.2, 0.25) is 0 Å². The summed E-state index contributed by atoms with van der Waals surface area (Å²) in [7, 11) is 0. The van der Waals surface area contributed by atoms with Gasteiger partial charge in [-0.3, -0.25) is 0 Å². The first kappa shape index (κ1) is 12.7. The van der Waals surface area contributed by atoms with Gasteiger partial charge in [0.15, 0.2) is 0 Å². The van der Waals surface area contributed by atoms with Gasteiger partial charge in [-0.1, -0.05) is 61.7 Å². The molecular formula is C18H23N. The Labute approximate surface area is 116 Å². The third kappa shape index (κ3) is 2.98. The van der Waals surface area contributed by atoms with Crippen LogP contribution in [0.15, 0.2) is 42.5 Å². The first-order valence-electron chi connectivity index (χ1n) is 7.53. The Morgan fingerprint density at radius 3 is 2.68 bits per heavy atom. The van der Waals surface area contributed by atoms with Gasteiger partial charge in [-0.25, -0.2) is 0 Å². The highest BCUT2D eigenvalue weighted by Gasteiger charge is 2.19. The lowest BCUT2D eigenvalue weighted by Gasteiger charge is -2.28. The van der Waals surface area contributed by atoms with E-state index in [-0.39, 0.29) is 0 Å². The Morgan fingerprint density at radius 2 is 1.89 bits per heavy atom. The van der Waals surface area contributed by atoms with E-state index in [9.17, 15) is 0 Å². The largest absolute Gasteiger partial charge is 0.310 e. The van der Waals surface area contributed by atoms with Crippen molar-refractivity contribution >= 4 is 10.8 Å². The molecule has 2 aromatic carbocycles. The molecule has 0 bridgehead atoms. The quantitative estimate of drug-likeness (QED) is 0.826. The maximum atomic E-state index is 3.69. The van der Waals surface area contributed by atoms with Gasteiger partial charge in [-0.15, -0.1) is 0 Å². The molecular weight excluding hydrogens is 230 g/mol. The molecule has 1 unspecified atom stereocenters. The minimum atomic E-state index is 0.629. The molecule has 100 valence electrons. The Kier molecular flexibility index (Phi) is 3.84. The maximum absolute atomic E-state index is 3.69. The molecule has 2 aromatic rings. The summed E-state index contributed by atoms with van der Waals surface area (Å²) in [6.07, 6.45) is 5.67. The molecule has 1 nitrogen and oxygen atoms in total. The van der Waals surface area contributed by atoms with Crippen LogP contribution in [0.25, 0.3) is 10.8 Å². The monoisotopic (exact) mass is 253 g/mol. The van der Waals surface area contributed by atoms with E-state index in [1.807, 2.05) is 0 Å². The zero-order valence-corrected chi connectivity index (χ0v) is 11.7. The minimum absolute atomic E-state index is 0.629. The predicted molar refractivity (Wildman–Crippen MR) is 82.2 cm³/mol. The fourth-order valence-electron chi connectivity index (χ4n) is 3.04. The average molecular weight is 253 g/mol. The highest BCUT2D eigenvalue weighted by molar-refractivity contribution is 5.85. The van der Waals surface area contributed by atoms with E-state index < -0.39 is 0 Å². The summed E-state index contributed by atoms with van der Waals surface area (Å²) < 4.78 is 0. The Morgan fingerprint density at radius 1 is 1.11 bits per heavy atom. The second-order valence-electron chi connectivity index (χ2n) is 5.95. The van der Waals surface area contributed by atoms with E-state index in [2.05, 4.69) is 54.7 Å². The molecule has 1 N–H and O–H groups in total. The molecule has 0 radical (unpaired) electrons. The van der Waals surface area contributed by atoms with Gasteiger partial charge >= 0.3 is 0 Å². The van der Waals surface area contributed by atoms with Crippen molar-refractivity contribution in [3.05, 3.63) is 48.0 Å². The van der Waals surface area contributed by atoms with E-state index in [1.165, 1.54) is 42.0 Å². The van der Waals surface area contributed by atoms with Crippen molar-refractivity contribution in [2.45, 2.75) is 45.2 Å². The number of rotatable bonds is 5. The van der Waals surface area contributed by atoms with Crippen LogP contribution in [0.5, 0.6) is 0 Å².